The smallest absolute Gasteiger partial charge is 0.262 e. The minimum absolute atomic E-state index is 0.0695. The van der Waals surface area contributed by atoms with Crippen LogP contribution in [0.5, 0.6) is 11.5 Å². The van der Waals surface area contributed by atoms with Gasteiger partial charge in [0.25, 0.3) is 5.91 Å². The van der Waals surface area contributed by atoms with E-state index in [-0.39, 0.29) is 11.7 Å². The molecule has 0 spiro atoms. The fraction of sp³-hybridized carbons (Fsp3) is 0.273. The molecule has 0 radical (unpaired) electrons. The average molecular weight is 493 g/mol. The molecule has 6 heteroatoms. The van der Waals surface area contributed by atoms with E-state index in [0.29, 0.717) is 23.7 Å². The maximum Gasteiger partial charge on any atom is 0.262 e. The van der Waals surface area contributed by atoms with Crippen LogP contribution in [0.3, 0.4) is 0 Å². The van der Waals surface area contributed by atoms with Gasteiger partial charge in [0.05, 0.1) is 6.61 Å². The number of benzene rings is 2. The summed E-state index contributed by atoms with van der Waals surface area (Å²) in [5.41, 5.74) is 1.44. The van der Waals surface area contributed by atoms with Gasteiger partial charge in [-0.05, 0) is 72.3 Å². The van der Waals surface area contributed by atoms with Crippen molar-refractivity contribution in [2.75, 3.05) is 20.7 Å². The number of ketones is 1. The Morgan fingerprint density at radius 1 is 1.11 bits per heavy atom. The summed E-state index contributed by atoms with van der Waals surface area (Å²) in [6, 6.07) is 12.8. The predicted octanol–water partition coefficient (Wildman–Crippen LogP) is 4.44. The summed E-state index contributed by atoms with van der Waals surface area (Å²) in [4.78, 5) is 25.8. The summed E-state index contributed by atoms with van der Waals surface area (Å²) < 4.78 is 12.5. The Bertz CT molecular complexity index is 859. The largest absolute Gasteiger partial charge is 0.490 e. The molecule has 1 amide bonds. The van der Waals surface area contributed by atoms with E-state index in [1.807, 2.05) is 25.1 Å². The van der Waals surface area contributed by atoms with Crippen LogP contribution in [0.2, 0.25) is 0 Å². The summed E-state index contributed by atoms with van der Waals surface area (Å²) in [7, 11) is 3.37. The molecule has 0 aliphatic carbocycles. The van der Waals surface area contributed by atoms with Crippen molar-refractivity contribution in [3.8, 4) is 11.5 Å². The molecule has 5 nitrogen and oxygen atoms in total. The van der Waals surface area contributed by atoms with E-state index in [9.17, 15) is 9.59 Å². The number of carbonyl (C=O) groups is 2. The van der Waals surface area contributed by atoms with Gasteiger partial charge in [-0.2, -0.15) is 0 Å². The Balaban J connectivity index is 2.17. The van der Waals surface area contributed by atoms with Crippen molar-refractivity contribution < 1.29 is 19.1 Å². The zero-order chi connectivity index (χ0) is 20.7. The predicted molar refractivity (Wildman–Crippen MR) is 119 cm³/mol. The molecule has 2 rings (SSSR count). The third kappa shape index (κ3) is 6.09. The molecule has 0 saturated heterocycles. The fourth-order valence-electron chi connectivity index (χ4n) is 2.48. The molecule has 0 aliphatic rings. The Kier molecular flexibility index (Phi) is 8.04. The molecule has 0 aromatic heterocycles. The molecule has 2 aromatic rings. The summed E-state index contributed by atoms with van der Waals surface area (Å²) in [6.45, 7) is 4.04. The van der Waals surface area contributed by atoms with E-state index >= 15 is 0 Å². The zero-order valence-electron chi connectivity index (χ0n) is 16.4. The van der Waals surface area contributed by atoms with Crippen LogP contribution < -0.4 is 9.47 Å². The lowest BCUT2D eigenvalue weighted by atomic mass is 10.1. The van der Waals surface area contributed by atoms with Crippen LogP contribution in [0.4, 0.5) is 0 Å². The van der Waals surface area contributed by atoms with Gasteiger partial charge in [-0.3, -0.25) is 9.59 Å². The van der Waals surface area contributed by atoms with Gasteiger partial charge >= 0.3 is 0 Å². The molecule has 28 heavy (non-hydrogen) atoms. The van der Waals surface area contributed by atoms with Gasteiger partial charge in [0.15, 0.2) is 23.4 Å². The number of amides is 1. The van der Waals surface area contributed by atoms with Crippen LogP contribution in [0.1, 0.15) is 29.8 Å². The highest BCUT2D eigenvalue weighted by molar-refractivity contribution is 14.1. The van der Waals surface area contributed by atoms with Gasteiger partial charge < -0.3 is 14.4 Å². The summed E-state index contributed by atoms with van der Waals surface area (Å²) in [6.07, 6.45) is 2.64. The molecule has 0 aliphatic heterocycles. The molecule has 0 bridgehead atoms. The number of ether oxygens (including phenoxy) is 2. The van der Waals surface area contributed by atoms with Crippen LogP contribution in [0.25, 0.3) is 6.08 Å². The molecule has 0 heterocycles. The fourth-order valence-corrected chi connectivity index (χ4v) is 2.84. The van der Waals surface area contributed by atoms with Crippen LogP contribution in [-0.4, -0.2) is 43.4 Å². The van der Waals surface area contributed by atoms with Crippen LogP contribution in [0.15, 0.2) is 48.5 Å². The molecule has 2 aromatic carbocycles. The lowest BCUT2D eigenvalue weighted by Crippen LogP contribution is -2.35. The first kappa shape index (κ1) is 21.9. The van der Waals surface area contributed by atoms with E-state index < -0.39 is 6.10 Å². The Hall–Kier alpha value is -2.35. The van der Waals surface area contributed by atoms with Crippen LogP contribution in [-0.2, 0) is 4.79 Å². The molecule has 0 saturated carbocycles. The second-order valence-electron chi connectivity index (χ2n) is 6.34. The Morgan fingerprint density at radius 3 is 2.39 bits per heavy atom. The topological polar surface area (TPSA) is 55.8 Å². The lowest BCUT2D eigenvalue weighted by Gasteiger charge is -2.20. The molecular formula is C22H24INO4. The average Bonchev–Trinajstić information content (AvgIpc) is 2.67. The van der Waals surface area contributed by atoms with Crippen LogP contribution in [0, 0.1) is 3.57 Å². The number of likely N-dealkylation sites (N-methyl/N-ethyl adjacent to an activating group) is 1. The molecule has 0 N–H and O–H groups in total. The standard InChI is InChI=1S/C22H24INO4/c1-5-27-21-14-16(6-12-19(25)17-8-10-18(23)11-9-17)7-13-20(21)28-15(2)22(26)24(3)4/h6-15H,5H2,1-4H3. The summed E-state index contributed by atoms with van der Waals surface area (Å²) in [5, 5.41) is 0. The van der Waals surface area contributed by atoms with E-state index in [4.69, 9.17) is 9.47 Å². The van der Waals surface area contributed by atoms with Gasteiger partial charge in [-0.1, -0.05) is 24.3 Å². The first-order chi connectivity index (χ1) is 13.3. The third-order valence-corrected chi connectivity index (χ3v) is 4.63. The second-order valence-corrected chi connectivity index (χ2v) is 7.58. The normalized spacial score (nSPS) is 11.9. The number of rotatable bonds is 8. The number of allylic oxidation sites excluding steroid dienone is 1. The number of halogens is 1. The van der Waals surface area contributed by atoms with Gasteiger partial charge in [0.1, 0.15) is 0 Å². The zero-order valence-corrected chi connectivity index (χ0v) is 18.6. The second kappa shape index (κ2) is 10.3. The lowest BCUT2D eigenvalue weighted by molar-refractivity contribution is -0.135. The number of hydrogen-bond acceptors (Lipinski definition) is 4. The Labute approximate surface area is 179 Å². The van der Waals surface area contributed by atoms with Gasteiger partial charge in [-0.15, -0.1) is 0 Å². The Morgan fingerprint density at radius 2 is 1.79 bits per heavy atom. The molecule has 1 atom stereocenters. The molecule has 0 fully saturated rings. The van der Waals surface area contributed by atoms with Gasteiger partial charge in [0.2, 0.25) is 0 Å². The summed E-state index contributed by atoms with van der Waals surface area (Å²) in [5.74, 6) is 0.824. The first-order valence-corrected chi connectivity index (χ1v) is 10.0. The number of nitrogens with zero attached hydrogens (tertiary/aromatic N) is 1. The highest BCUT2D eigenvalue weighted by Crippen LogP contribution is 2.30. The molecule has 1 unspecified atom stereocenters. The quantitative estimate of drug-likeness (QED) is 0.310. The maximum absolute atomic E-state index is 12.3. The van der Waals surface area contributed by atoms with E-state index in [2.05, 4.69) is 22.6 Å². The third-order valence-electron chi connectivity index (χ3n) is 3.92. The highest BCUT2D eigenvalue weighted by Gasteiger charge is 2.18. The van der Waals surface area contributed by atoms with Crippen molar-refractivity contribution in [2.24, 2.45) is 0 Å². The highest BCUT2D eigenvalue weighted by atomic mass is 127. The van der Waals surface area contributed by atoms with E-state index in [1.165, 1.54) is 11.0 Å². The van der Waals surface area contributed by atoms with Crippen molar-refractivity contribution >= 4 is 40.4 Å². The van der Waals surface area contributed by atoms with Crippen molar-refractivity contribution in [3.05, 3.63) is 63.2 Å². The van der Waals surface area contributed by atoms with Crippen molar-refractivity contribution in [3.63, 3.8) is 0 Å². The van der Waals surface area contributed by atoms with E-state index in [1.54, 1.807) is 51.4 Å². The minimum Gasteiger partial charge on any atom is -0.490 e. The van der Waals surface area contributed by atoms with Crippen LogP contribution >= 0.6 is 22.6 Å². The van der Waals surface area contributed by atoms with Gasteiger partial charge in [-0.25, -0.2) is 0 Å². The molecular weight excluding hydrogens is 469 g/mol. The SMILES string of the molecule is CCOc1cc(C=CC(=O)c2ccc(I)cc2)ccc1OC(C)C(=O)N(C)C. The monoisotopic (exact) mass is 493 g/mol. The van der Waals surface area contributed by atoms with Crippen molar-refractivity contribution in [1.29, 1.82) is 0 Å². The summed E-state index contributed by atoms with van der Waals surface area (Å²) >= 11 is 2.20. The minimum atomic E-state index is -0.627. The van der Waals surface area contributed by atoms with E-state index in [0.717, 1.165) is 9.13 Å². The first-order valence-electron chi connectivity index (χ1n) is 8.94. The van der Waals surface area contributed by atoms with Crippen molar-refractivity contribution in [2.45, 2.75) is 20.0 Å². The maximum atomic E-state index is 12.3. The number of carbonyl (C=O) groups excluding carboxylic acids is 2. The van der Waals surface area contributed by atoms with Gasteiger partial charge in [0, 0.05) is 23.2 Å². The molecule has 148 valence electrons. The van der Waals surface area contributed by atoms with Crippen molar-refractivity contribution in [1.82, 2.24) is 4.90 Å². The number of hydrogen-bond donors (Lipinski definition) is 0.